The van der Waals surface area contributed by atoms with E-state index in [0.29, 0.717) is 12.5 Å². The number of hydrogen-bond acceptors (Lipinski definition) is 2. The van der Waals surface area contributed by atoms with E-state index in [0.717, 1.165) is 43.9 Å². The van der Waals surface area contributed by atoms with Crippen LogP contribution in [0.1, 0.15) is 24.8 Å². The van der Waals surface area contributed by atoms with Crippen molar-refractivity contribution in [2.75, 3.05) is 26.2 Å². The molecule has 1 aliphatic rings. The summed E-state index contributed by atoms with van der Waals surface area (Å²) in [5.74, 6) is 0.466. The SMILES string of the molecule is FC(F)(F)CNCCC1CCCN(Cc2cccc(Cl)c2)C1. The van der Waals surface area contributed by atoms with Gasteiger partial charge in [0.1, 0.15) is 0 Å². The van der Waals surface area contributed by atoms with Gasteiger partial charge >= 0.3 is 6.18 Å². The molecule has 0 amide bonds. The third-order valence-electron chi connectivity index (χ3n) is 3.95. The van der Waals surface area contributed by atoms with E-state index in [9.17, 15) is 13.2 Å². The average molecular weight is 335 g/mol. The summed E-state index contributed by atoms with van der Waals surface area (Å²) in [6.07, 6.45) is -1.13. The molecule has 1 aromatic carbocycles. The van der Waals surface area contributed by atoms with Crippen molar-refractivity contribution in [3.8, 4) is 0 Å². The normalized spacial score (nSPS) is 20.3. The van der Waals surface area contributed by atoms with Crippen LogP contribution in [0.15, 0.2) is 24.3 Å². The van der Waals surface area contributed by atoms with Crippen molar-refractivity contribution in [2.45, 2.75) is 32.0 Å². The summed E-state index contributed by atoms with van der Waals surface area (Å²) in [5, 5.41) is 3.22. The Hall–Kier alpha value is -0.780. The number of piperidine rings is 1. The molecule has 1 N–H and O–H groups in total. The number of halogens is 4. The topological polar surface area (TPSA) is 15.3 Å². The summed E-state index contributed by atoms with van der Waals surface area (Å²) in [4.78, 5) is 2.36. The number of nitrogens with zero attached hydrogens (tertiary/aromatic N) is 1. The smallest absolute Gasteiger partial charge is 0.309 e. The van der Waals surface area contributed by atoms with Crippen LogP contribution in [-0.4, -0.2) is 37.3 Å². The molecule has 0 aliphatic carbocycles. The summed E-state index contributed by atoms with van der Waals surface area (Å²) in [5.41, 5.74) is 1.18. The van der Waals surface area contributed by atoms with E-state index in [1.165, 1.54) is 5.56 Å². The highest BCUT2D eigenvalue weighted by Crippen LogP contribution is 2.22. The van der Waals surface area contributed by atoms with E-state index >= 15 is 0 Å². The summed E-state index contributed by atoms with van der Waals surface area (Å²) in [7, 11) is 0. The molecular formula is C16H22ClF3N2. The van der Waals surface area contributed by atoms with E-state index in [4.69, 9.17) is 11.6 Å². The molecule has 2 nitrogen and oxygen atoms in total. The van der Waals surface area contributed by atoms with Gasteiger partial charge < -0.3 is 5.32 Å². The highest BCUT2D eigenvalue weighted by Gasteiger charge is 2.26. The minimum atomic E-state index is -4.12. The van der Waals surface area contributed by atoms with Crippen molar-refractivity contribution in [3.63, 3.8) is 0 Å². The Morgan fingerprint density at radius 3 is 2.86 bits per heavy atom. The zero-order valence-corrected chi connectivity index (χ0v) is 13.3. The van der Waals surface area contributed by atoms with E-state index in [1.807, 2.05) is 18.2 Å². The molecule has 1 fully saturated rings. The Morgan fingerprint density at radius 1 is 1.32 bits per heavy atom. The number of hydrogen-bond donors (Lipinski definition) is 1. The standard InChI is InChI=1S/C16H22ClF3N2/c17-15-5-1-3-14(9-15)11-22-8-2-4-13(10-22)6-7-21-12-16(18,19)20/h1,3,5,9,13,21H,2,4,6-8,10-12H2. The lowest BCUT2D eigenvalue weighted by Gasteiger charge is -2.33. The van der Waals surface area contributed by atoms with Gasteiger partial charge in [-0.05, 0) is 56.0 Å². The zero-order valence-electron chi connectivity index (χ0n) is 12.5. The fourth-order valence-corrected chi connectivity index (χ4v) is 3.17. The van der Waals surface area contributed by atoms with Gasteiger partial charge in [-0.25, -0.2) is 0 Å². The fourth-order valence-electron chi connectivity index (χ4n) is 2.96. The molecule has 2 rings (SSSR count). The summed E-state index contributed by atoms with van der Waals surface area (Å²) >= 11 is 5.99. The van der Waals surface area contributed by atoms with Crippen LogP contribution >= 0.6 is 11.6 Å². The van der Waals surface area contributed by atoms with Crippen LogP contribution in [0.25, 0.3) is 0 Å². The molecule has 0 spiro atoms. The van der Waals surface area contributed by atoms with Gasteiger partial charge in [0.15, 0.2) is 0 Å². The number of nitrogens with one attached hydrogen (secondary N) is 1. The quantitative estimate of drug-likeness (QED) is 0.788. The maximum absolute atomic E-state index is 12.1. The molecule has 1 saturated heterocycles. The third kappa shape index (κ3) is 6.55. The first-order chi connectivity index (χ1) is 10.4. The molecule has 124 valence electrons. The number of rotatable bonds is 6. The second-order valence-electron chi connectivity index (χ2n) is 5.95. The predicted molar refractivity (Wildman–Crippen MR) is 83.0 cm³/mol. The fraction of sp³-hybridized carbons (Fsp3) is 0.625. The molecule has 0 bridgehead atoms. The Bertz CT molecular complexity index is 465. The minimum Gasteiger partial charge on any atom is -0.309 e. The molecule has 22 heavy (non-hydrogen) atoms. The first-order valence-electron chi connectivity index (χ1n) is 7.66. The van der Waals surface area contributed by atoms with Crippen molar-refractivity contribution >= 4 is 11.6 Å². The van der Waals surface area contributed by atoms with E-state index in [1.54, 1.807) is 0 Å². The Balaban J connectivity index is 1.72. The summed E-state index contributed by atoms with van der Waals surface area (Å²) in [6.45, 7) is 2.37. The zero-order chi connectivity index (χ0) is 16.0. The van der Waals surface area contributed by atoms with Crippen LogP contribution in [0.2, 0.25) is 5.02 Å². The van der Waals surface area contributed by atoms with Gasteiger partial charge in [-0.15, -0.1) is 0 Å². The van der Waals surface area contributed by atoms with Crippen molar-refractivity contribution in [1.29, 1.82) is 0 Å². The van der Waals surface area contributed by atoms with Gasteiger partial charge in [-0.3, -0.25) is 4.90 Å². The van der Waals surface area contributed by atoms with Crippen molar-refractivity contribution in [3.05, 3.63) is 34.9 Å². The van der Waals surface area contributed by atoms with E-state index in [-0.39, 0.29) is 0 Å². The minimum absolute atomic E-state index is 0.426. The predicted octanol–water partition coefficient (Wildman–Crippen LogP) is 4.09. The lowest BCUT2D eigenvalue weighted by Crippen LogP contribution is -2.37. The van der Waals surface area contributed by atoms with E-state index < -0.39 is 12.7 Å². The van der Waals surface area contributed by atoms with Crippen LogP contribution in [0, 0.1) is 5.92 Å². The summed E-state index contributed by atoms with van der Waals surface area (Å²) in [6, 6.07) is 7.83. The third-order valence-corrected chi connectivity index (χ3v) is 4.19. The van der Waals surface area contributed by atoms with Crippen LogP contribution in [0.3, 0.4) is 0 Å². The first kappa shape index (κ1) is 17.6. The lowest BCUT2D eigenvalue weighted by atomic mass is 9.94. The van der Waals surface area contributed by atoms with Gasteiger partial charge in [0.25, 0.3) is 0 Å². The largest absolute Gasteiger partial charge is 0.401 e. The number of alkyl halides is 3. The van der Waals surface area contributed by atoms with Crippen LogP contribution in [0.5, 0.6) is 0 Å². The van der Waals surface area contributed by atoms with Crippen LogP contribution < -0.4 is 5.32 Å². The second kappa shape index (κ2) is 8.18. The van der Waals surface area contributed by atoms with Crippen molar-refractivity contribution in [1.82, 2.24) is 10.2 Å². The summed E-state index contributed by atoms with van der Waals surface area (Å²) < 4.78 is 36.2. The molecule has 0 saturated carbocycles. The molecule has 1 unspecified atom stereocenters. The van der Waals surface area contributed by atoms with Gasteiger partial charge in [0.2, 0.25) is 0 Å². The second-order valence-corrected chi connectivity index (χ2v) is 6.39. The Morgan fingerprint density at radius 2 is 2.14 bits per heavy atom. The van der Waals surface area contributed by atoms with Crippen molar-refractivity contribution in [2.24, 2.45) is 5.92 Å². The molecule has 0 aromatic heterocycles. The molecule has 1 atom stereocenters. The molecular weight excluding hydrogens is 313 g/mol. The first-order valence-corrected chi connectivity index (χ1v) is 8.04. The Kier molecular flexibility index (Phi) is 6.53. The van der Waals surface area contributed by atoms with Gasteiger partial charge in [0.05, 0.1) is 6.54 Å². The number of benzene rings is 1. The highest BCUT2D eigenvalue weighted by atomic mass is 35.5. The Labute approximate surface area is 134 Å². The highest BCUT2D eigenvalue weighted by molar-refractivity contribution is 6.30. The average Bonchev–Trinajstić information content (AvgIpc) is 2.43. The molecule has 1 aromatic rings. The maximum atomic E-state index is 12.1. The van der Waals surface area contributed by atoms with Crippen LogP contribution in [0.4, 0.5) is 13.2 Å². The molecule has 0 radical (unpaired) electrons. The monoisotopic (exact) mass is 334 g/mol. The maximum Gasteiger partial charge on any atom is 0.401 e. The van der Waals surface area contributed by atoms with Crippen LogP contribution in [-0.2, 0) is 6.54 Å². The number of likely N-dealkylation sites (tertiary alicyclic amines) is 1. The van der Waals surface area contributed by atoms with Gasteiger partial charge in [0, 0.05) is 18.1 Å². The van der Waals surface area contributed by atoms with E-state index in [2.05, 4.69) is 16.3 Å². The van der Waals surface area contributed by atoms with Gasteiger partial charge in [-0.1, -0.05) is 23.7 Å². The van der Waals surface area contributed by atoms with Gasteiger partial charge in [-0.2, -0.15) is 13.2 Å². The molecule has 1 heterocycles. The molecule has 1 aliphatic heterocycles. The molecule has 6 heteroatoms. The van der Waals surface area contributed by atoms with Crippen molar-refractivity contribution < 1.29 is 13.2 Å². The lowest BCUT2D eigenvalue weighted by molar-refractivity contribution is -0.124.